The maximum Gasteiger partial charge on any atom is 0.155 e. The molecule has 3 nitrogen and oxygen atoms in total. The molecule has 16 heavy (non-hydrogen) atoms. The first-order chi connectivity index (χ1) is 7.57. The van der Waals surface area contributed by atoms with E-state index in [2.05, 4.69) is 11.4 Å². The molecule has 2 aliphatic rings. The largest absolute Gasteiger partial charge is 0.316 e. The molecule has 0 spiro atoms. The highest BCUT2D eigenvalue weighted by Crippen LogP contribution is 2.46. The number of Topliss-reactive ketones (excluding diaryl/α,β-unsaturated/α-hetero) is 1. The summed E-state index contributed by atoms with van der Waals surface area (Å²) in [5.41, 5.74) is -0.310. The van der Waals surface area contributed by atoms with Gasteiger partial charge in [0.25, 0.3) is 0 Å². The van der Waals surface area contributed by atoms with Gasteiger partial charge in [-0.25, -0.2) is 0 Å². The summed E-state index contributed by atoms with van der Waals surface area (Å²) < 4.78 is 0. The van der Waals surface area contributed by atoms with E-state index in [1.54, 1.807) is 0 Å². The molecule has 1 aliphatic heterocycles. The van der Waals surface area contributed by atoms with Crippen molar-refractivity contribution in [3.8, 4) is 6.07 Å². The van der Waals surface area contributed by atoms with Gasteiger partial charge in [-0.15, -0.1) is 0 Å². The molecule has 2 rings (SSSR count). The van der Waals surface area contributed by atoms with Gasteiger partial charge in [-0.1, -0.05) is 13.8 Å². The number of carbonyl (C=O) groups excluding carboxylic acids is 1. The van der Waals surface area contributed by atoms with Crippen LogP contribution in [0.3, 0.4) is 0 Å². The molecular weight excluding hydrogens is 200 g/mol. The zero-order valence-electron chi connectivity index (χ0n) is 10.1. The van der Waals surface area contributed by atoms with Gasteiger partial charge in [0.2, 0.25) is 0 Å². The number of nitriles is 1. The molecule has 1 N–H and O–H groups in total. The Balaban J connectivity index is 2.28. The highest BCUT2D eigenvalue weighted by atomic mass is 16.1. The van der Waals surface area contributed by atoms with Crippen molar-refractivity contribution in [3.63, 3.8) is 0 Å². The summed E-state index contributed by atoms with van der Waals surface area (Å²) >= 11 is 0. The third-order valence-electron chi connectivity index (χ3n) is 4.42. The summed E-state index contributed by atoms with van der Waals surface area (Å²) in [5, 5.41) is 12.5. The molecule has 0 amide bonds. The minimum absolute atomic E-state index is 0.165. The van der Waals surface area contributed by atoms with E-state index in [0.717, 1.165) is 32.4 Å². The molecule has 0 bridgehead atoms. The average Bonchev–Trinajstić information content (AvgIpc) is 2.49. The molecule has 0 aromatic rings. The first-order valence-electron chi connectivity index (χ1n) is 6.22. The molecule has 3 atom stereocenters. The van der Waals surface area contributed by atoms with Crippen molar-refractivity contribution in [2.75, 3.05) is 13.1 Å². The van der Waals surface area contributed by atoms with Crippen molar-refractivity contribution in [1.82, 2.24) is 5.32 Å². The predicted octanol–water partition coefficient (Wildman–Crippen LogP) is 1.74. The number of carbonyl (C=O) groups is 1. The third-order valence-corrected chi connectivity index (χ3v) is 4.42. The highest BCUT2D eigenvalue weighted by Gasteiger charge is 2.49. The maximum absolute atomic E-state index is 12.2. The van der Waals surface area contributed by atoms with Crippen LogP contribution in [-0.2, 0) is 4.79 Å². The molecule has 1 aliphatic carbocycles. The van der Waals surface area contributed by atoms with Crippen LogP contribution in [0.15, 0.2) is 0 Å². The lowest BCUT2D eigenvalue weighted by atomic mass is 9.59. The van der Waals surface area contributed by atoms with Gasteiger partial charge < -0.3 is 5.32 Å². The molecular formula is C13H20N2O. The molecule has 0 aromatic carbocycles. The van der Waals surface area contributed by atoms with Gasteiger partial charge in [-0.05, 0) is 44.2 Å². The quantitative estimate of drug-likeness (QED) is 0.676. The van der Waals surface area contributed by atoms with E-state index in [1.165, 1.54) is 0 Å². The summed E-state index contributed by atoms with van der Waals surface area (Å²) in [6.45, 7) is 6.08. The van der Waals surface area contributed by atoms with Gasteiger partial charge in [-0.3, -0.25) is 4.79 Å². The van der Waals surface area contributed by atoms with E-state index < -0.39 is 0 Å². The fourth-order valence-electron chi connectivity index (χ4n) is 3.46. The Morgan fingerprint density at radius 1 is 1.50 bits per heavy atom. The summed E-state index contributed by atoms with van der Waals surface area (Å²) in [7, 11) is 0. The van der Waals surface area contributed by atoms with Crippen molar-refractivity contribution in [2.24, 2.45) is 23.2 Å². The number of hydrogen-bond donors (Lipinski definition) is 1. The molecule has 0 radical (unpaired) electrons. The van der Waals surface area contributed by atoms with E-state index >= 15 is 0 Å². The lowest BCUT2D eigenvalue weighted by Crippen LogP contribution is -2.47. The minimum Gasteiger partial charge on any atom is -0.316 e. The van der Waals surface area contributed by atoms with Crippen LogP contribution in [0.1, 0.15) is 33.1 Å². The smallest absolute Gasteiger partial charge is 0.155 e. The second-order valence-corrected chi connectivity index (χ2v) is 5.72. The first-order valence-corrected chi connectivity index (χ1v) is 6.22. The summed E-state index contributed by atoms with van der Waals surface area (Å²) in [4.78, 5) is 12.2. The average molecular weight is 220 g/mol. The maximum atomic E-state index is 12.2. The van der Waals surface area contributed by atoms with Crippen LogP contribution >= 0.6 is 0 Å². The van der Waals surface area contributed by atoms with Crippen LogP contribution in [0.4, 0.5) is 0 Å². The number of fused-ring (bicyclic) bond motifs is 1. The highest BCUT2D eigenvalue weighted by molar-refractivity contribution is 5.89. The third kappa shape index (κ3) is 1.76. The lowest BCUT2D eigenvalue weighted by molar-refractivity contribution is -0.138. The summed E-state index contributed by atoms with van der Waals surface area (Å²) in [6.07, 6.45) is 3.03. The van der Waals surface area contributed by atoms with Crippen molar-refractivity contribution >= 4 is 5.78 Å². The van der Waals surface area contributed by atoms with Gasteiger partial charge in [-0.2, -0.15) is 5.26 Å². The van der Waals surface area contributed by atoms with Crippen molar-refractivity contribution < 1.29 is 4.79 Å². The van der Waals surface area contributed by atoms with E-state index in [4.69, 9.17) is 5.26 Å². The molecule has 3 unspecified atom stereocenters. The van der Waals surface area contributed by atoms with Crippen molar-refractivity contribution in [2.45, 2.75) is 33.1 Å². The normalized spacial score (nSPS) is 38.3. The van der Waals surface area contributed by atoms with E-state index in [0.29, 0.717) is 11.8 Å². The van der Waals surface area contributed by atoms with Gasteiger partial charge in [0.05, 0.1) is 6.07 Å². The molecule has 0 aromatic heterocycles. The Morgan fingerprint density at radius 2 is 2.25 bits per heavy atom. The molecule has 1 saturated heterocycles. The van der Waals surface area contributed by atoms with Crippen LogP contribution in [0.2, 0.25) is 0 Å². The molecule has 88 valence electrons. The van der Waals surface area contributed by atoms with E-state index in [9.17, 15) is 4.79 Å². The van der Waals surface area contributed by atoms with Crippen molar-refractivity contribution in [3.05, 3.63) is 0 Å². The van der Waals surface area contributed by atoms with E-state index in [-0.39, 0.29) is 17.1 Å². The van der Waals surface area contributed by atoms with Crippen LogP contribution in [0, 0.1) is 34.5 Å². The fourth-order valence-corrected chi connectivity index (χ4v) is 3.46. The number of rotatable bonds is 0. The zero-order chi connectivity index (χ0) is 11.8. The molecule has 3 heteroatoms. The van der Waals surface area contributed by atoms with Gasteiger partial charge in [0, 0.05) is 5.41 Å². The standard InChI is InChI=1S/C13H20N2O/c1-13(2)11-4-3-5-15-8-10(11)6-9(7-14)12(13)16/h9-11,15H,3-6,8H2,1-2H3. The Morgan fingerprint density at radius 3 is 2.94 bits per heavy atom. The second kappa shape index (κ2) is 4.18. The monoisotopic (exact) mass is 220 g/mol. The zero-order valence-corrected chi connectivity index (χ0v) is 10.1. The topological polar surface area (TPSA) is 52.9 Å². The number of ketones is 1. The first kappa shape index (κ1) is 11.6. The second-order valence-electron chi connectivity index (χ2n) is 5.72. The molecule has 2 fully saturated rings. The number of nitrogens with one attached hydrogen (secondary N) is 1. The lowest BCUT2D eigenvalue weighted by Gasteiger charge is -2.43. The Labute approximate surface area is 97.2 Å². The number of nitrogens with zero attached hydrogens (tertiary/aromatic N) is 1. The van der Waals surface area contributed by atoms with Gasteiger partial charge in [0.15, 0.2) is 5.78 Å². The van der Waals surface area contributed by atoms with E-state index in [1.807, 2.05) is 13.8 Å². The Bertz CT molecular complexity index is 329. The van der Waals surface area contributed by atoms with Crippen LogP contribution in [-0.4, -0.2) is 18.9 Å². The predicted molar refractivity (Wildman–Crippen MR) is 61.6 cm³/mol. The number of hydrogen-bond acceptors (Lipinski definition) is 3. The Hall–Kier alpha value is -0.880. The Kier molecular flexibility index (Phi) is 3.03. The molecule has 1 saturated carbocycles. The van der Waals surface area contributed by atoms with Crippen LogP contribution in [0.25, 0.3) is 0 Å². The van der Waals surface area contributed by atoms with Gasteiger partial charge in [0.1, 0.15) is 5.92 Å². The SMILES string of the molecule is CC1(C)C(=O)C(C#N)CC2CNCCCC21. The molecule has 1 heterocycles. The van der Waals surface area contributed by atoms with Gasteiger partial charge >= 0.3 is 0 Å². The van der Waals surface area contributed by atoms with Crippen LogP contribution in [0.5, 0.6) is 0 Å². The summed E-state index contributed by atoms with van der Waals surface area (Å²) in [6, 6.07) is 2.19. The fraction of sp³-hybridized carbons (Fsp3) is 0.846. The van der Waals surface area contributed by atoms with Crippen LogP contribution < -0.4 is 5.32 Å². The summed E-state index contributed by atoms with van der Waals surface area (Å²) in [5.74, 6) is 0.744. The van der Waals surface area contributed by atoms with Crippen molar-refractivity contribution in [1.29, 1.82) is 5.26 Å². The minimum atomic E-state index is -0.379.